The summed E-state index contributed by atoms with van der Waals surface area (Å²) in [6.07, 6.45) is 1.01. The molecule has 3 aromatic heterocycles. The normalized spacial score (nSPS) is 13.9. The Bertz CT molecular complexity index is 1190. The van der Waals surface area contributed by atoms with Crippen LogP contribution in [-0.4, -0.2) is 66.5 Å². The Kier molecular flexibility index (Phi) is 7.87. The molecule has 3 aromatic rings. The molecule has 0 radical (unpaired) electrons. The van der Waals surface area contributed by atoms with Gasteiger partial charge < -0.3 is 15.4 Å². The Morgan fingerprint density at radius 3 is 2.17 bits per heavy atom. The molecule has 2 N–H and O–H groups in total. The smallest absolute Gasteiger partial charge is 0.381 e. The first-order chi connectivity index (χ1) is 17.3. The van der Waals surface area contributed by atoms with Gasteiger partial charge in [-0.05, 0) is 25.0 Å². The predicted octanol–water partition coefficient (Wildman–Crippen LogP) is 1.07. The van der Waals surface area contributed by atoms with Crippen molar-refractivity contribution in [3.05, 3.63) is 53.4 Å². The lowest BCUT2D eigenvalue weighted by atomic mass is 10.1. The number of aromatic nitrogens is 7. The number of nitrogens with zero attached hydrogens (tertiary/aromatic N) is 7. The SMILES string of the molecule is O=C(NCc1cc(C(F)(F)F)ccn1)c1cn(CCCCn2cc(C(=O)NCC3COC3)nn2)nn1. The Morgan fingerprint density at radius 1 is 1.00 bits per heavy atom. The highest BCUT2D eigenvalue weighted by Crippen LogP contribution is 2.28. The summed E-state index contributed by atoms with van der Waals surface area (Å²) in [6, 6.07) is 1.75. The molecule has 15 heteroatoms. The average Bonchev–Trinajstić information content (AvgIpc) is 3.49. The molecular formula is C21H24F3N9O3. The molecule has 0 unspecified atom stereocenters. The Labute approximate surface area is 203 Å². The fourth-order valence-electron chi connectivity index (χ4n) is 3.31. The molecule has 0 aromatic carbocycles. The molecule has 1 aliphatic rings. The van der Waals surface area contributed by atoms with Crippen molar-refractivity contribution in [2.45, 2.75) is 38.7 Å². The van der Waals surface area contributed by atoms with Crippen LogP contribution >= 0.6 is 0 Å². The molecule has 0 atom stereocenters. The number of rotatable bonds is 11. The largest absolute Gasteiger partial charge is 0.416 e. The van der Waals surface area contributed by atoms with E-state index in [0.29, 0.717) is 51.6 Å². The van der Waals surface area contributed by atoms with Crippen molar-refractivity contribution < 1.29 is 27.5 Å². The molecule has 0 spiro atoms. The molecule has 36 heavy (non-hydrogen) atoms. The highest BCUT2D eigenvalue weighted by molar-refractivity contribution is 5.92. The van der Waals surface area contributed by atoms with Crippen LogP contribution in [0, 0.1) is 5.92 Å². The van der Waals surface area contributed by atoms with Gasteiger partial charge in [-0.25, -0.2) is 0 Å². The lowest BCUT2D eigenvalue weighted by molar-refractivity contribution is -0.137. The van der Waals surface area contributed by atoms with Crippen LogP contribution in [0.2, 0.25) is 0 Å². The van der Waals surface area contributed by atoms with Crippen molar-refractivity contribution in [2.24, 2.45) is 5.92 Å². The summed E-state index contributed by atoms with van der Waals surface area (Å²) in [5, 5.41) is 20.9. The van der Waals surface area contributed by atoms with Crippen LogP contribution in [0.3, 0.4) is 0 Å². The van der Waals surface area contributed by atoms with Gasteiger partial charge in [-0.3, -0.25) is 23.9 Å². The van der Waals surface area contributed by atoms with E-state index in [-0.39, 0.29) is 29.5 Å². The van der Waals surface area contributed by atoms with E-state index in [0.717, 1.165) is 18.3 Å². The second-order valence-corrected chi connectivity index (χ2v) is 8.27. The van der Waals surface area contributed by atoms with Gasteiger partial charge in [-0.1, -0.05) is 10.4 Å². The molecule has 1 fully saturated rings. The van der Waals surface area contributed by atoms with Crippen LogP contribution in [-0.2, 0) is 30.5 Å². The summed E-state index contributed by atoms with van der Waals surface area (Å²) >= 11 is 0. The fourth-order valence-corrected chi connectivity index (χ4v) is 3.31. The molecular weight excluding hydrogens is 483 g/mol. The Hall–Kier alpha value is -3.88. The lowest BCUT2D eigenvalue weighted by Gasteiger charge is -2.25. The number of halogens is 3. The summed E-state index contributed by atoms with van der Waals surface area (Å²) in [7, 11) is 0. The number of carbonyl (C=O) groups is 2. The second kappa shape index (κ2) is 11.2. The maximum Gasteiger partial charge on any atom is 0.416 e. The van der Waals surface area contributed by atoms with E-state index in [1.807, 2.05) is 0 Å². The summed E-state index contributed by atoms with van der Waals surface area (Å²) in [6.45, 7) is 2.71. The van der Waals surface area contributed by atoms with Crippen LogP contribution in [0.4, 0.5) is 13.2 Å². The number of hydrogen-bond donors (Lipinski definition) is 2. The topological polar surface area (TPSA) is 142 Å². The lowest BCUT2D eigenvalue weighted by Crippen LogP contribution is -2.39. The molecule has 0 bridgehead atoms. The minimum Gasteiger partial charge on any atom is -0.381 e. The van der Waals surface area contributed by atoms with E-state index in [1.54, 1.807) is 10.9 Å². The zero-order valence-corrected chi connectivity index (χ0v) is 19.1. The molecule has 0 saturated carbocycles. The van der Waals surface area contributed by atoms with E-state index in [1.165, 1.54) is 10.9 Å². The van der Waals surface area contributed by atoms with Crippen molar-refractivity contribution in [1.29, 1.82) is 0 Å². The predicted molar refractivity (Wildman–Crippen MR) is 116 cm³/mol. The number of amides is 2. The number of nitrogens with one attached hydrogen (secondary N) is 2. The summed E-state index contributed by atoms with van der Waals surface area (Å²) < 4.78 is 46.5. The van der Waals surface area contributed by atoms with Crippen molar-refractivity contribution in [1.82, 2.24) is 45.6 Å². The van der Waals surface area contributed by atoms with Gasteiger partial charge in [0.15, 0.2) is 11.4 Å². The van der Waals surface area contributed by atoms with Gasteiger partial charge >= 0.3 is 6.18 Å². The summed E-state index contributed by atoms with van der Waals surface area (Å²) in [5.74, 6) is -0.496. The first-order valence-corrected chi connectivity index (χ1v) is 11.2. The van der Waals surface area contributed by atoms with Gasteiger partial charge in [0.2, 0.25) is 0 Å². The molecule has 12 nitrogen and oxygen atoms in total. The number of aryl methyl sites for hydroxylation is 2. The van der Waals surface area contributed by atoms with Gasteiger partial charge in [0.25, 0.3) is 11.8 Å². The van der Waals surface area contributed by atoms with Crippen LogP contribution in [0.15, 0.2) is 30.7 Å². The van der Waals surface area contributed by atoms with Crippen molar-refractivity contribution >= 4 is 11.8 Å². The summed E-state index contributed by atoms with van der Waals surface area (Å²) in [4.78, 5) is 28.2. The van der Waals surface area contributed by atoms with E-state index >= 15 is 0 Å². The average molecular weight is 507 g/mol. The van der Waals surface area contributed by atoms with Crippen LogP contribution in [0.1, 0.15) is 45.1 Å². The van der Waals surface area contributed by atoms with Crippen LogP contribution < -0.4 is 10.6 Å². The maximum absolute atomic E-state index is 12.8. The molecule has 4 rings (SSSR count). The number of carbonyl (C=O) groups excluding carboxylic acids is 2. The molecule has 4 heterocycles. The van der Waals surface area contributed by atoms with Crippen molar-refractivity contribution in [2.75, 3.05) is 19.8 Å². The molecule has 2 amide bonds. The number of alkyl halides is 3. The third-order valence-electron chi connectivity index (χ3n) is 5.40. The van der Waals surface area contributed by atoms with E-state index < -0.39 is 17.6 Å². The van der Waals surface area contributed by atoms with E-state index in [4.69, 9.17) is 4.74 Å². The third-order valence-corrected chi connectivity index (χ3v) is 5.40. The van der Waals surface area contributed by atoms with Crippen molar-refractivity contribution in [3.8, 4) is 0 Å². The number of pyridine rings is 1. The van der Waals surface area contributed by atoms with Gasteiger partial charge in [0.1, 0.15) is 0 Å². The second-order valence-electron chi connectivity index (χ2n) is 8.27. The number of ether oxygens (including phenoxy) is 1. The summed E-state index contributed by atoms with van der Waals surface area (Å²) in [5.41, 5.74) is -0.463. The zero-order valence-electron chi connectivity index (χ0n) is 19.1. The monoisotopic (exact) mass is 507 g/mol. The first kappa shape index (κ1) is 25.2. The molecule has 1 saturated heterocycles. The highest BCUT2D eigenvalue weighted by atomic mass is 19.4. The number of unbranched alkanes of at least 4 members (excludes halogenated alkanes) is 1. The molecule has 0 aliphatic carbocycles. The standard InChI is InChI=1S/C21H24F3N9O3/c22-21(23,24)15-3-4-25-16(7-15)9-27-20(35)18-11-33(31-29-18)6-2-1-5-32-10-17(28-30-32)19(34)26-8-14-12-36-13-14/h3-4,7,10-11,14H,1-2,5-6,8-9,12-13H2,(H,26,34)(H,27,35). The molecule has 192 valence electrons. The minimum atomic E-state index is -4.49. The van der Waals surface area contributed by atoms with Gasteiger partial charge in [0, 0.05) is 31.7 Å². The van der Waals surface area contributed by atoms with Gasteiger partial charge in [0.05, 0.1) is 43.4 Å². The van der Waals surface area contributed by atoms with E-state index in [2.05, 4.69) is 36.2 Å². The first-order valence-electron chi connectivity index (χ1n) is 11.2. The maximum atomic E-state index is 12.8. The Balaban J connectivity index is 1.16. The van der Waals surface area contributed by atoms with Crippen LogP contribution in [0.25, 0.3) is 0 Å². The highest BCUT2D eigenvalue weighted by Gasteiger charge is 2.30. The third kappa shape index (κ3) is 6.84. The number of hydrogen-bond acceptors (Lipinski definition) is 8. The van der Waals surface area contributed by atoms with Crippen molar-refractivity contribution in [3.63, 3.8) is 0 Å². The quantitative estimate of drug-likeness (QED) is 0.367. The van der Waals surface area contributed by atoms with Gasteiger partial charge in [-0.2, -0.15) is 13.2 Å². The molecule has 1 aliphatic heterocycles. The van der Waals surface area contributed by atoms with E-state index in [9.17, 15) is 22.8 Å². The van der Waals surface area contributed by atoms with Crippen LogP contribution in [0.5, 0.6) is 0 Å². The fraction of sp³-hybridized carbons (Fsp3) is 0.476. The van der Waals surface area contributed by atoms with Gasteiger partial charge in [-0.15, -0.1) is 10.2 Å². The minimum absolute atomic E-state index is 0.0439. The Morgan fingerprint density at radius 2 is 1.61 bits per heavy atom. The zero-order chi connectivity index (χ0) is 25.5.